The fourth-order valence-corrected chi connectivity index (χ4v) is 5.29. The lowest BCUT2D eigenvalue weighted by molar-refractivity contribution is 0.0695. The van der Waals surface area contributed by atoms with Crippen LogP contribution >= 0.6 is 11.3 Å². The summed E-state index contributed by atoms with van der Waals surface area (Å²) in [6.07, 6.45) is 4.62. The van der Waals surface area contributed by atoms with Gasteiger partial charge in [0.2, 0.25) is 5.43 Å². The molecule has 0 spiro atoms. The zero-order chi connectivity index (χ0) is 20.3. The normalized spacial score (nSPS) is 17.1. The van der Waals surface area contributed by atoms with Crippen LogP contribution in [0.15, 0.2) is 34.3 Å². The lowest BCUT2D eigenvalue weighted by Crippen LogP contribution is -2.19. The molecule has 0 amide bonds. The first-order chi connectivity index (χ1) is 14.0. The minimum Gasteiger partial charge on any atom is -0.494 e. The molecule has 29 heavy (non-hydrogen) atoms. The first-order valence-electron chi connectivity index (χ1n) is 9.32. The first-order valence-corrected chi connectivity index (χ1v) is 10.1. The van der Waals surface area contributed by atoms with Crippen molar-refractivity contribution in [1.29, 1.82) is 0 Å². The van der Waals surface area contributed by atoms with Crippen LogP contribution in [0.5, 0.6) is 5.75 Å². The number of nitrogens with zero attached hydrogens (tertiary/aromatic N) is 2. The molecule has 0 saturated heterocycles. The number of hydrogen-bond acceptors (Lipinski definition) is 6. The van der Waals surface area contributed by atoms with E-state index in [1.165, 1.54) is 6.20 Å². The Labute approximate surface area is 169 Å². The number of aromatic carboxylic acids is 1. The summed E-state index contributed by atoms with van der Waals surface area (Å²) in [5, 5.41) is 22.2. The second-order valence-electron chi connectivity index (χ2n) is 7.44. The van der Waals surface area contributed by atoms with Crippen molar-refractivity contribution in [1.82, 2.24) is 4.57 Å². The van der Waals surface area contributed by atoms with Crippen LogP contribution in [0.2, 0.25) is 0 Å². The van der Waals surface area contributed by atoms with Crippen molar-refractivity contribution >= 4 is 33.9 Å². The van der Waals surface area contributed by atoms with Crippen molar-refractivity contribution in [2.45, 2.75) is 31.7 Å². The Bertz CT molecular complexity index is 1240. The van der Waals surface area contributed by atoms with Gasteiger partial charge < -0.3 is 19.6 Å². The number of fused-ring (bicyclic) bond motifs is 2. The van der Waals surface area contributed by atoms with Gasteiger partial charge in [0.15, 0.2) is 5.75 Å². The van der Waals surface area contributed by atoms with Gasteiger partial charge in [0.1, 0.15) is 5.56 Å². The molecule has 2 aliphatic carbocycles. The summed E-state index contributed by atoms with van der Waals surface area (Å²) in [6.45, 7) is 0. The van der Waals surface area contributed by atoms with Gasteiger partial charge in [-0.25, -0.2) is 4.79 Å². The van der Waals surface area contributed by atoms with Crippen molar-refractivity contribution in [2.24, 2.45) is 5.16 Å². The van der Waals surface area contributed by atoms with E-state index in [0.29, 0.717) is 29.5 Å². The second-order valence-corrected chi connectivity index (χ2v) is 8.57. The second kappa shape index (κ2) is 6.45. The minimum atomic E-state index is -1.22. The number of thiophene rings is 1. The molecule has 1 fully saturated rings. The lowest BCUT2D eigenvalue weighted by Gasteiger charge is -2.17. The molecule has 2 N–H and O–H groups in total. The fraction of sp³-hybridized carbons (Fsp3) is 0.286. The quantitative estimate of drug-likeness (QED) is 0.504. The predicted molar refractivity (Wildman–Crippen MR) is 110 cm³/mol. The van der Waals surface area contributed by atoms with Crippen LogP contribution in [0, 0.1) is 0 Å². The summed E-state index contributed by atoms with van der Waals surface area (Å²) >= 11 is 1.62. The van der Waals surface area contributed by atoms with Gasteiger partial charge in [0.05, 0.1) is 23.7 Å². The predicted octanol–water partition coefficient (Wildman–Crippen LogP) is 3.70. The molecule has 8 heteroatoms. The molecule has 0 unspecified atom stereocenters. The highest BCUT2D eigenvalue weighted by Gasteiger charge is 2.30. The molecule has 0 bridgehead atoms. The van der Waals surface area contributed by atoms with E-state index in [2.05, 4.69) is 11.2 Å². The maximum atomic E-state index is 12.8. The van der Waals surface area contributed by atoms with Crippen LogP contribution in [-0.2, 0) is 12.8 Å². The van der Waals surface area contributed by atoms with E-state index in [4.69, 9.17) is 9.94 Å². The minimum absolute atomic E-state index is 0.178. The molecule has 3 aromatic rings. The molecule has 5 rings (SSSR count). The summed E-state index contributed by atoms with van der Waals surface area (Å²) in [5.74, 6) is -0.634. The Kier molecular flexibility index (Phi) is 3.99. The number of hydrogen-bond donors (Lipinski definition) is 2. The molecule has 7 nitrogen and oxygen atoms in total. The molecule has 1 saturated carbocycles. The zero-order valence-electron chi connectivity index (χ0n) is 15.6. The van der Waals surface area contributed by atoms with Gasteiger partial charge in [-0.15, -0.1) is 11.3 Å². The molecule has 148 valence electrons. The third kappa shape index (κ3) is 2.74. The Morgan fingerprint density at radius 2 is 2.10 bits per heavy atom. The molecule has 1 aromatic carbocycles. The summed E-state index contributed by atoms with van der Waals surface area (Å²) < 4.78 is 7.66. The van der Waals surface area contributed by atoms with Gasteiger partial charge in [-0.05, 0) is 36.6 Å². The zero-order valence-corrected chi connectivity index (χ0v) is 16.5. The van der Waals surface area contributed by atoms with E-state index in [-0.39, 0.29) is 11.6 Å². The van der Waals surface area contributed by atoms with Gasteiger partial charge in [-0.3, -0.25) is 4.79 Å². The van der Waals surface area contributed by atoms with Crippen LogP contribution in [0.1, 0.15) is 39.7 Å². The van der Waals surface area contributed by atoms with Gasteiger partial charge >= 0.3 is 5.97 Å². The number of aromatic nitrogens is 1. The molecule has 2 heterocycles. The number of methoxy groups -OCH3 is 1. The van der Waals surface area contributed by atoms with Crippen LogP contribution in [0.25, 0.3) is 21.3 Å². The fourth-order valence-electron chi connectivity index (χ4n) is 4.05. The summed E-state index contributed by atoms with van der Waals surface area (Å²) in [7, 11) is 1.57. The maximum Gasteiger partial charge on any atom is 0.341 e. The third-order valence-electron chi connectivity index (χ3n) is 5.58. The van der Waals surface area contributed by atoms with E-state index in [1.54, 1.807) is 24.5 Å². The van der Waals surface area contributed by atoms with Crippen molar-refractivity contribution in [2.75, 3.05) is 7.11 Å². The number of rotatable bonds is 4. The number of benzene rings is 1. The van der Waals surface area contributed by atoms with Gasteiger partial charge in [-0.1, -0.05) is 5.16 Å². The summed E-state index contributed by atoms with van der Waals surface area (Å²) in [4.78, 5) is 26.5. The van der Waals surface area contributed by atoms with Crippen LogP contribution in [0.4, 0.5) is 0 Å². The number of pyridine rings is 1. The smallest absolute Gasteiger partial charge is 0.341 e. The molecule has 0 radical (unpaired) electrons. The van der Waals surface area contributed by atoms with Crippen molar-refractivity contribution < 1.29 is 19.8 Å². The lowest BCUT2D eigenvalue weighted by atomic mass is 10.0. The van der Waals surface area contributed by atoms with E-state index in [9.17, 15) is 14.7 Å². The average molecular weight is 410 g/mol. The highest BCUT2D eigenvalue weighted by atomic mass is 32.1. The number of carboxylic acids is 1. The van der Waals surface area contributed by atoms with E-state index in [0.717, 1.165) is 39.4 Å². The molecule has 0 aliphatic heterocycles. The van der Waals surface area contributed by atoms with Gasteiger partial charge in [-0.2, -0.15) is 0 Å². The maximum absolute atomic E-state index is 12.8. The molecule has 2 aliphatic rings. The standard InChI is InChI=1S/C21H18N2O5S/c1-28-20-13(17-7-10-6-11(22-27)8-16(10)29-17)4-5-14-18(20)23(12-2-3-12)9-15(19(14)24)21(25)26/h4-5,7,9,12,27H,2-3,6,8H2,1H3,(H,25,26)/b22-11+. The topological polar surface area (TPSA) is 101 Å². The van der Waals surface area contributed by atoms with Crippen LogP contribution in [0.3, 0.4) is 0 Å². The first kappa shape index (κ1) is 17.9. The molecule has 0 atom stereocenters. The number of carbonyl (C=O) groups is 1. The third-order valence-corrected chi connectivity index (χ3v) is 6.80. The summed E-state index contributed by atoms with van der Waals surface area (Å²) in [5.41, 5.74) is 2.71. The Hall–Kier alpha value is -3.13. The monoisotopic (exact) mass is 410 g/mol. The number of ether oxygens (including phenoxy) is 1. The summed E-state index contributed by atoms with van der Waals surface area (Å²) in [6, 6.07) is 5.78. The Morgan fingerprint density at radius 3 is 2.72 bits per heavy atom. The van der Waals surface area contributed by atoms with E-state index < -0.39 is 11.4 Å². The van der Waals surface area contributed by atoms with Gasteiger partial charge in [0.25, 0.3) is 0 Å². The average Bonchev–Trinajstić information content (AvgIpc) is 3.36. The van der Waals surface area contributed by atoms with Crippen LogP contribution in [-0.4, -0.2) is 33.7 Å². The Morgan fingerprint density at radius 1 is 1.31 bits per heavy atom. The number of carboxylic acid groups (broad SMARTS) is 1. The largest absolute Gasteiger partial charge is 0.494 e. The number of oxime groups is 1. The van der Waals surface area contributed by atoms with Gasteiger partial charge in [0, 0.05) is 40.4 Å². The molecular weight excluding hydrogens is 392 g/mol. The van der Waals surface area contributed by atoms with Crippen molar-refractivity contribution in [3.05, 3.63) is 50.6 Å². The van der Waals surface area contributed by atoms with E-state index in [1.807, 2.05) is 10.6 Å². The van der Waals surface area contributed by atoms with Crippen molar-refractivity contribution in [3.8, 4) is 16.2 Å². The van der Waals surface area contributed by atoms with Crippen molar-refractivity contribution in [3.63, 3.8) is 0 Å². The Balaban J connectivity index is 1.75. The van der Waals surface area contributed by atoms with Crippen LogP contribution < -0.4 is 10.2 Å². The highest BCUT2D eigenvalue weighted by Crippen LogP contribution is 2.45. The highest BCUT2D eigenvalue weighted by molar-refractivity contribution is 7.16. The molecular formula is C21H18N2O5S. The van der Waals surface area contributed by atoms with E-state index >= 15 is 0 Å². The SMILES string of the molecule is COc1c(-c2cc3c(s2)C/C(=N/O)C3)ccc2c(=O)c(C(=O)O)cn(C3CC3)c12. The molecule has 2 aromatic heterocycles.